The molecule has 3 rings (SSSR count). The van der Waals surface area contributed by atoms with E-state index in [9.17, 15) is 4.39 Å². The van der Waals surface area contributed by atoms with Crippen molar-refractivity contribution in [1.29, 1.82) is 0 Å². The van der Waals surface area contributed by atoms with Crippen LogP contribution in [0.25, 0.3) is 0 Å². The monoisotopic (exact) mass is 299 g/mol. The Kier molecular flexibility index (Phi) is 3.63. The van der Waals surface area contributed by atoms with E-state index in [0.717, 1.165) is 5.01 Å². The minimum atomic E-state index is -0.515. The van der Waals surface area contributed by atoms with Crippen LogP contribution in [0, 0.1) is 5.82 Å². The quantitative estimate of drug-likeness (QED) is 0.919. The zero-order valence-electron chi connectivity index (χ0n) is 9.90. The van der Waals surface area contributed by atoms with E-state index < -0.39 is 5.82 Å². The number of hydrogen-bond acceptors (Lipinski definition) is 5. The summed E-state index contributed by atoms with van der Waals surface area (Å²) in [5, 5.41) is 12.6. The summed E-state index contributed by atoms with van der Waals surface area (Å²) < 4.78 is 18.7. The standard InChI is InChI=1S/C12H11ClFN3OS/c13-9-4-3-8(5-10(9)14)18-12-17-16-11(19-12)6-15-7-1-2-7/h3-5,7,15H,1-2,6H2. The third-order valence-corrected chi connectivity index (χ3v) is 3.77. The molecule has 0 saturated heterocycles. The molecule has 1 saturated carbocycles. The first-order valence-electron chi connectivity index (χ1n) is 5.89. The Labute approximate surface area is 118 Å². The molecule has 100 valence electrons. The molecule has 0 spiro atoms. The van der Waals surface area contributed by atoms with Crippen molar-refractivity contribution in [3.8, 4) is 10.9 Å². The smallest absolute Gasteiger partial charge is 0.299 e. The lowest BCUT2D eigenvalue weighted by molar-refractivity contribution is 0.467. The highest BCUT2D eigenvalue weighted by atomic mass is 35.5. The summed E-state index contributed by atoms with van der Waals surface area (Å²) >= 11 is 6.95. The Bertz CT molecular complexity index is 588. The molecule has 0 aliphatic heterocycles. The highest BCUT2D eigenvalue weighted by Gasteiger charge is 2.20. The maximum absolute atomic E-state index is 13.2. The number of rotatable bonds is 5. The van der Waals surface area contributed by atoms with Gasteiger partial charge in [-0.05, 0) is 25.0 Å². The molecule has 1 N–H and O–H groups in total. The summed E-state index contributed by atoms with van der Waals surface area (Å²) in [5.41, 5.74) is 0. The van der Waals surface area contributed by atoms with Gasteiger partial charge in [0, 0.05) is 12.1 Å². The lowest BCUT2D eigenvalue weighted by atomic mass is 10.3. The number of nitrogens with zero attached hydrogens (tertiary/aromatic N) is 2. The van der Waals surface area contributed by atoms with Crippen molar-refractivity contribution in [2.75, 3.05) is 0 Å². The van der Waals surface area contributed by atoms with Crippen LogP contribution in [-0.2, 0) is 6.54 Å². The van der Waals surface area contributed by atoms with Crippen LogP contribution in [0.15, 0.2) is 18.2 Å². The zero-order chi connectivity index (χ0) is 13.2. The van der Waals surface area contributed by atoms with Gasteiger partial charge < -0.3 is 10.1 Å². The molecule has 0 atom stereocenters. The average Bonchev–Trinajstić information content (AvgIpc) is 3.12. The van der Waals surface area contributed by atoms with Gasteiger partial charge >= 0.3 is 0 Å². The molecule has 1 aliphatic carbocycles. The summed E-state index contributed by atoms with van der Waals surface area (Å²) in [6.07, 6.45) is 2.46. The number of benzene rings is 1. The number of hydrogen-bond donors (Lipinski definition) is 1. The van der Waals surface area contributed by atoms with E-state index in [2.05, 4.69) is 15.5 Å². The van der Waals surface area contributed by atoms with Gasteiger partial charge in [-0.15, -0.1) is 5.10 Å². The summed E-state index contributed by atoms with van der Waals surface area (Å²) in [7, 11) is 0. The van der Waals surface area contributed by atoms with Crippen molar-refractivity contribution < 1.29 is 9.13 Å². The van der Waals surface area contributed by atoms with Crippen LogP contribution < -0.4 is 10.1 Å². The lowest BCUT2D eigenvalue weighted by Gasteiger charge is -2.01. The van der Waals surface area contributed by atoms with Gasteiger partial charge in [-0.1, -0.05) is 28.0 Å². The molecule has 4 nitrogen and oxygen atoms in total. The number of aromatic nitrogens is 2. The van der Waals surface area contributed by atoms with Crippen molar-refractivity contribution in [3.05, 3.63) is 34.0 Å². The van der Waals surface area contributed by atoms with Crippen LogP contribution in [0.2, 0.25) is 5.02 Å². The lowest BCUT2D eigenvalue weighted by Crippen LogP contribution is -2.14. The highest BCUT2D eigenvalue weighted by molar-refractivity contribution is 7.13. The molecule has 1 aromatic heterocycles. The van der Waals surface area contributed by atoms with E-state index in [1.54, 1.807) is 6.07 Å². The SMILES string of the molecule is Fc1cc(Oc2nnc(CNC3CC3)s2)ccc1Cl. The molecule has 1 fully saturated rings. The van der Waals surface area contributed by atoms with Crippen LogP contribution in [0.5, 0.6) is 10.9 Å². The van der Waals surface area contributed by atoms with Gasteiger partial charge in [0.25, 0.3) is 5.19 Å². The second kappa shape index (κ2) is 5.40. The van der Waals surface area contributed by atoms with E-state index in [-0.39, 0.29) is 5.02 Å². The largest absolute Gasteiger partial charge is 0.430 e. The predicted octanol–water partition coefficient (Wildman–Crippen LogP) is 3.37. The molecule has 0 radical (unpaired) electrons. The third-order valence-electron chi connectivity index (χ3n) is 2.66. The van der Waals surface area contributed by atoms with Crippen LogP contribution in [0.3, 0.4) is 0 Å². The molecule has 1 aromatic carbocycles. The third kappa shape index (κ3) is 3.40. The van der Waals surface area contributed by atoms with Gasteiger partial charge in [-0.25, -0.2) is 4.39 Å². The van der Waals surface area contributed by atoms with Crippen LogP contribution in [-0.4, -0.2) is 16.2 Å². The Morgan fingerprint density at radius 2 is 2.26 bits per heavy atom. The summed E-state index contributed by atoms with van der Waals surface area (Å²) in [5.74, 6) is -0.154. The van der Waals surface area contributed by atoms with Crippen molar-refractivity contribution in [2.24, 2.45) is 0 Å². The van der Waals surface area contributed by atoms with Crippen LogP contribution >= 0.6 is 22.9 Å². The molecule has 2 aromatic rings. The van der Waals surface area contributed by atoms with Crippen molar-refractivity contribution >= 4 is 22.9 Å². The molecule has 0 bridgehead atoms. The minimum absolute atomic E-state index is 0.0685. The van der Waals surface area contributed by atoms with E-state index in [1.807, 2.05) is 0 Å². The Morgan fingerprint density at radius 1 is 1.42 bits per heavy atom. The first-order valence-corrected chi connectivity index (χ1v) is 7.09. The molecule has 7 heteroatoms. The second-order valence-electron chi connectivity index (χ2n) is 4.29. The van der Waals surface area contributed by atoms with E-state index >= 15 is 0 Å². The Balaban J connectivity index is 1.63. The average molecular weight is 300 g/mol. The van der Waals surface area contributed by atoms with E-state index in [4.69, 9.17) is 16.3 Å². The summed E-state index contributed by atoms with van der Waals surface area (Å²) in [4.78, 5) is 0. The van der Waals surface area contributed by atoms with Gasteiger partial charge in [0.1, 0.15) is 16.6 Å². The van der Waals surface area contributed by atoms with Crippen molar-refractivity contribution in [3.63, 3.8) is 0 Å². The number of ether oxygens (including phenoxy) is 1. The fourth-order valence-electron chi connectivity index (χ4n) is 1.51. The van der Waals surface area contributed by atoms with Crippen LogP contribution in [0.4, 0.5) is 4.39 Å². The fraction of sp³-hybridized carbons (Fsp3) is 0.333. The van der Waals surface area contributed by atoms with E-state index in [1.165, 1.54) is 36.3 Å². The molecule has 1 heterocycles. The van der Waals surface area contributed by atoms with Crippen molar-refractivity contribution in [2.45, 2.75) is 25.4 Å². The normalized spacial score (nSPS) is 14.6. The predicted molar refractivity (Wildman–Crippen MR) is 71.3 cm³/mol. The number of halogens is 2. The van der Waals surface area contributed by atoms with Gasteiger partial charge in [-0.3, -0.25) is 0 Å². The first-order chi connectivity index (χ1) is 9.20. The fourth-order valence-corrected chi connectivity index (χ4v) is 2.29. The van der Waals surface area contributed by atoms with E-state index in [0.29, 0.717) is 23.5 Å². The number of nitrogens with one attached hydrogen (secondary N) is 1. The van der Waals surface area contributed by atoms with Crippen molar-refractivity contribution in [1.82, 2.24) is 15.5 Å². The molecule has 19 heavy (non-hydrogen) atoms. The zero-order valence-corrected chi connectivity index (χ0v) is 11.5. The minimum Gasteiger partial charge on any atom is -0.430 e. The molecular formula is C12H11ClFN3OS. The van der Waals surface area contributed by atoms with Gasteiger partial charge in [0.15, 0.2) is 0 Å². The maximum Gasteiger partial charge on any atom is 0.299 e. The summed E-state index contributed by atoms with van der Waals surface area (Å²) in [6.45, 7) is 0.695. The summed E-state index contributed by atoms with van der Waals surface area (Å²) in [6, 6.07) is 4.89. The molecule has 1 aliphatic rings. The van der Waals surface area contributed by atoms with Gasteiger partial charge in [-0.2, -0.15) is 0 Å². The second-order valence-corrected chi connectivity index (χ2v) is 5.73. The molecule has 0 unspecified atom stereocenters. The van der Waals surface area contributed by atoms with Gasteiger partial charge in [0.05, 0.1) is 11.6 Å². The Morgan fingerprint density at radius 3 is 3.00 bits per heavy atom. The highest BCUT2D eigenvalue weighted by Crippen LogP contribution is 2.28. The molecule has 0 amide bonds. The van der Waals surface area contributed by atoms with Gasteiger partial charge in [0.2, 0.25) is 0 Å². The molecular weight excluding hydrogens is 289 g/mol. The first kappa shape index (κ1) is 12.8. The topological polar surface area (TPSA) is 47.0 Å². The Hall–Kier alpha value is -1.24. The van der Waals surface area contributed by atoms with Crippen LogP contribution in [0.1, 0.15) is 17.8 Å². The maximum atomic E-state index is 13.2.